The molecule has 1 aromatic rings. The molecule has 0 atom stereocenters. The third-order valence-corrected chi connectivity index (χ3v) is 2.29. The van der Waals surface area contributed by atoms with Gasteiger partial charge in [-0.25, -0.2) is 0 Å². The fourth-order valence-corrected chi connectivity index (χ4v) is 1.36. The topological polar surface area (TPSA) is 27.7 Å². The van der Waals surface area contributed by atoms with E-state index in [-0.39, 0.29) is 0 Å². The van der Waals surface area contributed by atoms with Crippen LogP contribution >= 0.6 is 0 Å². The van der Waals surface area contributed by atoms with Gasteiger partial charge in [-0.2, -0.15) is 0 Å². The van der Waals surface area contributed by atoms with Crippen molar-refractivity contribution in [3.63, 3.8) is 0 Å². The Labute approximate surface area is 97.3 Å². The average molecular weight is 223 g/mol. The normalized spacial score (nSPS) is 10.2. The zero-order valence-electron chi connectivity index (χ0n) is 9.99. The summed E-state index contributed by atoms with van der Waals surface area (Å²) in [7, 11) is 3.29. The van der Waals surface area contributed by atoms with E-state index >= 15 is 0 Å². The second kappa shape index (κ2) is 7.12. The third kappa shape index (κ3) is 3.74. The van der Waals surface area contributed by atoms with Gasteiger partial charge >= 0.3 is 0 Å². The number of benzene rings is 1. The minimum Gasteiger partial charge on any atom is -0.497 e. The molecule has 0 N–H and O–H groups in total. The van der Waals surface area contributed by atoms with Crippen molar-refractivity contribution in [2.24, 2.45) is 0 Å². The van der Waals surface area contributed by atoms with Crippen molar-refractivity contribution < 1.29 is 14.2 Å². The second-order valence-electron chi connectivity index (χ2n) is 3.44. The zero-order valence-corrected chi connectivity index (χ0v) is 9.99. The molecule has 1 rings (SSSR count). The molecule has 3 nitrogen and oxygen atoms in total. The Bertz CT molecular complexity index is 310. The maximum Gasteiger partial charge on any atom is 0.128 e. The number of rotatable bonds is 7. The van der Waals surface area contributed by atoms with Crippen LogP contribution in [0.25, 0.3) is 0 Å². The molecule has 0 aromatic heterocycles. The molecule has 89 valence electrons. The van der Waals surface area contributed by atoms with Gasteiger partial charge in [-0.15, -0.1) is 0 Å². The van der Waals surface area contributed by atoms with Gasteiger partial charge in [-0.05, 0) is 18.6 Å². The molecule has 0 heterocycles. The van der Waals surface area contributed by atoms with E-state index < -0.39 is 0 Å². The number of unbranched alkanes of at least 4 members (excludes halogenated alkanes) is 1. The SMILES string of the molecule is [CH2]CCCOCc1ccc(OC)cc1OC. The fourth-order valence-electron chi connectivity index (χ4n) is 1.36. The van der Waals surface area contributed by atoms with Crippen molar-refractivity contribution in [1.29, 1.82) is 0 Å². The van der Waals surface area contributed by atoms with Gasteiger partial charge in [0.25, 0.3) is 0 Å². The molecule has 1 aromatic carbocycles. The van der Waals surface area contributed by atoms with Gasteiger partial charge in [0.05, 0.1) is 20.8 Å². The number of ether oxygens (including phenoxy) is 3. The zero-order chi connectivity index (χ0) is 11.8. The molecular formula is C13H19O3. The lowest BCUT2D eigenvalue weighted by molar-refractivity contribution is 0.117. The maximum atomic E-state index is 5.52. The van der Waals surface area contributed by atoms with Gasteiger partial charge in [-0.3, -0.25) is 0 Å². The molecule has 1 radical (unpaired) electrons. The van der Waals surface area contributed by atoms with E-state index in [1.807, 2.05) is 18.2 Å². The summed E-state index contributed by atoms with van der Waals surface area (Å²) in [6, 6.07) is 5.73. The fraction of sp³-hybridized carbons (Fsp3) is 0.462. The van der Waals surface area contributed by atoms with Crippen LogP contribution in [-0.2, 0) is 11.3 Å². The van der Waals surface area contributed by atoms with E-state index in [9.17, 15) is 0 Å². The van der Waals surface area contributed by atoms with Crippen LogP contribution in [0.4, 0.5) is 0 Å². The van der Waals surface area contributed by atoms with Gasteiger partial charge < -0.3 is 14.2 Å². The van der Waals surface area contributed by atoms with E-state index in [0.29, 0.717) is 6.61 Å². The van der Waals surface area contributed by atoms with Crippen molar-refractivity contribution >= 4 is 0 Å². The molecule has 0 fully saturated rings. The Morgan fingerprint density at radius 2 is 2.00 bits per heavy atom. The Hall–Kier alpha value is -1.22. The van der Waals surface area contributed by atoms with E-state index in [0.717, 1.165) is 36.5 Å². The lowest BCUT2D eigenvalue weighted by Crippen LogP contribution is -1.98. The molecule has 0 aliphatic carbocycles. The van der Waals surface area contributed by atoms with Crippen LogP contribution in [0, 0.1) is 6.92 Å². The molecule has 16 heavy (non-hydrogen) atoms. The summed E-state index contributed by atoms with van der Waals surface area (Å²) < 4.78 is 15.9. The third-order valence-electron chi connectivity index (χ3n) is 2.29. The van der Waals surface area contributed by atoms with Crippen LogP contribution in [0.1, 0.15) is 18.4 Å². The minimum absolute atomic E-state index is 0.563. The standard InChI is InChI=1S/C13H19O3/c1-4-5-8-16-10-11-6-7-12(14-2)9-13(11)15-3/h6-7,9H,1,4-5,8,10H2,2-3H3. The van der Waals surface area contributed by atoms with Crippen LogP contribution < -0.4 is 9.47 Å². The lowest BCUT2D eigenvalue weighted by atomic mass is 10.2. The quantitative estimate of drug-likeness (QED) is 0.665. The van der Waals surface area contributed by atoms with Gasteiger partial charge in [0.15, 0.2) is 0 Å². The van der Waals surface area contributed by atoms with Crippen molar-refractivity contribution in [3.05, 3.63) is 30.7 Å². The van der Waals surface area contributed by atoms with E-state index in [1.54, 1.807) is 14.2 Å². The molecule has 0 unspecified atom stereocenters. The monoisotopic (exact) mass is 223 g/mol. The van der Waals surface area contributed by atoms with Gasteiger partial charge in [-0.1, -0.05) is 13.3 Å². The lowest BCUT2D eigenvalue weighted by Gasteiger charge is -2.10. The number of hydrogen-bond acceptors (Lipinski definition) is 3. The molecule has 0 amide bonds. The molecule has 0 saturated heterocycles. The Kier molecular flexibility index (Phi) is 5.72. The first kappa shape index (κ1) is 12.8. The summed E-state index contributed by atoms with van der Waals surface area (Å²) in [5, 5.41) is 0. The molecule has 3 heteroatoms. The summed E-state index contributed by atoms with van der Waals surface area (Å²) in [6.45, 7) is 5.06. The number of methoxy groups -OCH3 is 2. The number of hydrogen-bond donors (Lipinski definition) is 0. The van der Waals surface area contributed by atoms with Crippen LogP contribution in [-0.4, -0.2) is 20.8 Å². The highest BCUT2D eigenvalue weighted by Crippen LogP contribution is 2.25. The van der Waals surface area contributed by atoms with Crippen molar-refractivity contribution in [3.8, 4) is 11.5 Å². The highest BCUT2D eigenvalue weighted by atomic mass is 16.5. The molecule has 0 aliphatic rings. The van der Waals surface area contributed by atoms with Crippen LogP contribution in [0.2, 0.25) is 0 Å². The van der Waals surface area contributed by atoms with E-state index in [4.69, 9.17) is 14.2 Å². The smallest absolute Gasteiger partial charge is 0.128 e. The first-order valence-corrected chi connectivity index (χ1v) is 5.39. The summed E-state index contributed by atoms with van der Waals surface area (Å²) in [5.74, 6) is 1.59. The van der Waals surface area contributed by atoms with Crippen LogP contribution in [0.5, 0.6) is 11.5 Å². The first-order valence-electron chi connectivity index (χ1n) is 5.39. The predicted octanol–water partition coefficient (Wildman–Crippen LogP) is 2.83. The molecule has 0 bridgehead atoms. The van der Waals surface area contributed by atoms with E-state index in [2.05, 4.69) is 6.92 Å². The Balaban J connectivity index is 2.57. The van der Waals surface area contributed by atoms with Gasteiger partial charge in [0, 0.05) is 18.2 Å². The van der Waals surface area contributed by atoms with Crippen molar-refractivity contribution in [2.75, 3.05) is 20.8 Å². The average Bonchev–Trinajstić information content (AvgIpc) is 2.34. The van der Waals surface area contributed by atoms with Crippen LogP contribution in [0.15, 0.2) is 18.2 Å². The van der Waals surface area contributed by atoms with Crippen molar-refractivity contribution in [1.82, 2.24) is 0 Å². The highest BCUT2D eigenvalue weighted by molar-refractivity contribution is 5.40. The first-order chi connectivity index (χ1) is 7.81. The summed E-state index contributed by atoms with van der Waals surface area (Å²) in [6.07, 6.45) is 1.89. The summed E-state index contributed by atoms with van der Waals surface area (Å²) >= 11 is 0. The summed E-state index contributed by atoms with van der Waals surface area (Å²) in [4.78, 5) is 0. The van der Waals surface area contributed by atoms with Crippen molar-refractivity contribution in [2.45, 2.75) is 19.4 Å². The molecule has 0 saturated carbocycles. The second-order valence-corrected chi connectivity index (χ2v) is 3.44. The highest BCUT2D eigenvalue weighted by Gasteiger charge is 2.04. The van der Waals surface area contributed by atoms with E-state index in [1.165, 1.54) is 0 Å². The van der Waals surface area contributed by atoms with Gasteiger partial charge in [0.1, 0.15) is 11.5 Å². The molecule has 0 spiro atoms. The molecular weight excluding hydrogens is 204 g/mol. The minimum atomic E-state index is 0.563. The summed E-state index contributed by atoms with van der Waals surface area (Å²) in [5.41, 5.74) is 1.03. The van der Waals surface area contributed by atoms with Gasteiger partial charge in [0.2, 0.25) is 0 Å². The Morgan fingerprint density at radius 1 is 1.19 bits per heavy atom. The largest absolute Gasteiger partial charge is 0.497 e. The Morgan fingerprint density at radius 3 is 2.62 bits per heavy atom. The molecule has 0 aliphatic heterocycles. The maximum absolute atomic E-state index is 5.52. The predicted molar refractivity (Wildman–Crippen MR) is 63.8 cm³/mol. The van der Waals surface area contributed by atoms with Crippen LogP contribution in [0.3, 0.4) is 0 Å².